The lowest BCUT2D eigenvalue weighted by atomic mass is 10.0. The predicted molar refractivity (Wildman–Crippen MR) is 59.9 cm³/mol. The van der Waals surface area contributed by atoms with Crippen LogP contribution >= 0.6 is 0 Å². The van der Waals surface area contributed by atoms with E-state index in [0.717, 1.165) is 17.9 Å². The van der Waals surface area contributed by atoms with E-state index in [-0.39, 0.29) is 0 Å². The molecule has 1 N–H and O–H groups in total. The van der Waals surface area contributed by atoms with E-state index >= 15 is 0 Å². The second kappa shape index (κ2) is 4.35. The highest BCUT2D eigenvalue weighted by Gasteiger charge is 2.20. The lowest BCUT2D eigenvalue weighted by Crippen LogP contribution is -2.27. The van der Waals surface area contributed by atoms with Gasteiger partial charge in [-0.3, -0.25) is 0 Å². The number of aromatic nitrogens is 1. The van der Waals surface area contributed by atoms with Crippen molar-refractivity contribution in [3.05, 3.63) is 17.0 Å². The summed E-state index contributed by atoms with van der Waals surface area (Å²) < 4.78 is 5.16. The zero-order valence-electron chi connectivity index (χ0n) is 9.84. The van der Waals surface area contributed by atoms with Crippen LogP contribution in [0.4, 0.5) is 0 Å². The molecule has 2 atom stereocenters. The van der Waals surface area contributed by atoms with E-state index in [0.29, 0.717) is 12.1 Å². The Morgan fingerprint density at radius 1 is 1.40 bits per heavy atom. The molecule has 1 aromatic heterocycles. The van der Waals surface area contributed by atoms with Gasteiger partial charge in [-0.15, -0.1) is 0 Å². The standard InChI is InChI=1S/C12H20N2O/c1-8-4-5-11(13-8)6-7-12-9(2)14-15-10(12)3/h8,11,13H,4-7H2,1-3H3/t8-,11-/m1/s1. The lowest BCUT2D eigenvalue weighted by molar-refractivity contribution is 0.392. The minimum Gasteiger partial charge on any atom is -0.361 e. The molecule has 0 saturated carbocycles. The summed E-state index contributed by atoms with van der Waals surface area (Å²) in [6, 6.07) is 1.38. The molecule has 84 valence electrons. The van der Waals surface area contributed by atoms with Crippen LogP contribution in [0.5, 0.6) is 0 Å². The molecule has 15 heavy (non-hydrogen) atoms. The van der Waals surface area contributed by atoms with Crippen molar-refractivity contribution >= 4 is 0 Å². The van der Waals surface area contributed by atoms with Gasteiger partial charge in [-0.1, -0.05) is 5.16 Å². The van der Waals surface area contributed by atoms with Gasteiger partial charge in [0, 0.05) is 17.6 Å². The third kappa shape index (κ3) is 2.40. The quantitative estimate of drug-likeness (QED) is 0.828. The van der Waals surface area contributed by atoms with Gasteiger partial charge in [0.2, 0.25) is 0 Å². The van der Waals surface area contributed by atoms with Gasteiger partial charge < -0.3 is 9.84 Å². The van der Waals surface area contributed by atoms with Crippen molar-refractivity contribution in [2.24, 2.45) is 0 Å². The maximum absolute atomic E-state index is 5.16. The van der Waals surface area contributed by atoms with Crippen LogP contribution in [-0.2, 0) is 6.42 Å². The molecule has 1 aliphatic rings. The molecule has 1 aliphatic heterocycles. The molecular weight excluding hydrogens is 188 g/mol. The highest BCUT2D eigenvalue weighted by atomic mass is 16.5. The average Bonchev–Trinajstić information content (AvgIpc) is 2.73. The number of nitrogens with one attached hydrogen (secondary N) is 1. The van der Waals surface area contributed by atoms with Crippen molar-refractivity contribution in [1.82, 2.24) is 10.5 Å². The zero-order chi connectivity index (χ0) is 10.8. The van der Waals surface area contributed by atoms with E-state index in [1.807, 2.05) is 13.8 Å². The van der Waals surface area contributed by atoms with E-state index in [1.54, 1.807) is 0 Å². The first-order valence-corrected chi connectivity index (χ1v) is 5.84. The molecule has 0 radical (unpaired) electrons. The maximum Gasteiger partial charge on any atom is 0.137 e. The van der Waals surface area contributed by atoms with E-state index in [2.05, 4.69) is 17.4 Å². The molecule has 0 bridgehead atoms. The first kappa shape index (κ1) is 10.7. The number of hydrogen-bond donors (Lipinski definition) is 1. The normalized spacial score (nSPS) is 26.1. The highest BCUT2D eigenvalue weighted by Crippen LogP contribution is 2.19. The minimum atomic E-state index is 0.689. The van der Waals surface area contributed by atoms with Gasteiger partial charge in [0.05, 0.1) is 5.69 Å². The molecule has 0 aromatic carbocycles. The second-order valence-corrected chi connectivity index (χ2v) is 4.68. The smallest absolute Gasteiger partial charge is 0.137 e. The molecule has 0 amide bonds. The Balaban J connectivity index is 1.88. The molecule has 2 heterocycles. The van der Waals surface area contributed by atoms with Crippen LogP contribution in [-0.4, -0.2) is 17.2 Å². The molecule has 1 fully saturated rings. The topological polar surface area (TPSA) is 38.1 Å². The summed E-state index contributed by atoms with van der Waals surface area (Å²) in [4.78, 5) is 0. The van der Waals surface area contributed by atoms with Gasteiger partial charge in [0.1, 0.15) is 5.76 Å². The first-order valence-electron chi connectivity index (χ1n) is 5.84. The van der Waals surface area contributed by atoms with Crippen LogP contribution in [0, 0.1) is 13.8 Å². The number of nitrogens with zero attached hydrogens (tertiary/aromatic N) is 1. The fourth-order valence-corrected chi connectivity index (χ4v) is 2.43. The molecule has 0 unspecified atom stereocenters. The number of hydrogen-bond acceptors (Lipinski definition) is 3. The number of aryl methyl sites for hydroxylation is 2. The van der Waals surface area contributed by atoms with Gasteiger partial charge in [-0.2, -0.15) is 0 Å². The Morgan fingerprint density at radius 3 is 2.73 bits per heavy atom. The maximum atomic E-state index is 5.16. The van der Waals surface area contributed by atoms with Gasteiger partial charge >= 0.3 is 0 Å². The average molecular weight is 208 g/mol. The molecular formula is C12H20N2O. The molecule has 0 aliphatic carbocycles. The lowest BCUT2D eigenvalue weighted by Gasteiger charge is -2.10. The Kier molecular flexibility index (Phi) is 3.10. The van der Waals surface area contributed by atoms with Crippen molar-refractivity contribution in [3.8, 4) is 0 Å². The SMILES string of the molecule is Cc1noc(C)c1CC[C@H]1CC[C@@H](C)N1. The molecule has 3 heteroatoms. The second-order valence-electron chi connectivity index (χ2n) is 4.68. The van der Waals surface area contributed by atoms with Crippen LogP contribution in [0.1, 0.15) is 43.2 Å². The van der Waals surface area contributed by atoms with Crippen LogP contribution in [0.2, 0.25) is 0 Å². The molecule has 0 spiro atoms. The monoisotopic (exact) mass is 208 g/mol. The van der Waals surface area contributed by atoms with Crippen LogP contribution in [0.3, 0.4) is 0 Å². The minimum absolute atomic E-state index is 0.689. The van der Waals surface area contributed by atoms with Gasteiger partial charge in [-0.05, 0) is 46.5 Å². The Morgan fingerprint density at radius 2 is 2.20 bits per heavy atom. The van der Waals surface area contributed by atoms with Gasteiger partial charge in [0.15, 0.2) is 0 Å². The molecule has 1 aromatic rings. The number of rotatable bonds is 3. The third-order valence-corrected chi connectivity index (χ3v) is 3.39. The summed E-state index contributed by atoms with van der Waals surface area (Å²) in [5.74, 6) is 0.985. The van der Waals surface area contributed by atoms with Gasteiger partial charge in [0.25, 0.3) is 0 Å². The third-order valence-electron chi connectivity index (χ3n) is 3.39. The molecule has 1 saturated heterocycles. The Hall–Kier alpha value is -0.830. The summed E-state index contributed by atoms with van der Waals surface area (Å²) in [6.07, 6.45) is 4.91. The van der Waals surface area contributed by atoms with E-state index in [9.17, 15) is 0 Å². The van der Waals surface area contributed by atoms with Crippen molar-refractivity contribution < 1.29 is 4.52 Å². The first-order chi connectivity index (χ1) is 7.16. The Labute approximate surface area is 91.2 Å². The Bertz CT molecular complexity index is 313. The largest absolute Gasteiger partial charge is 0.361 e. The predicted octanol–water partition coefficient (Wildman–Crippen LogP) is 2.36. The fourth-order valence-electron chi connectivity index (χ4n) is 2.43. The van der Waals surface area contributed by atoms with Crippen molar-refractivity contribution in [1.29, 1.82) is 0 Å². The van der Waals surface area contributed by atoms with Crippen molar-refractivity contribution in [2.45, 2.75) is 58.5 Å². The van der Waals surface area contributed by atoms with E-state index in [4.69, 9.17) is 4.52 Å². The highest BCUT2D eigenvalue weighted by molar-refractivity contribution is 5.20. The molecule has 3 nitrogen and oxygen atoms in total. The summed E-state index contributed by atoms with van der Waals surface area (Å²) in [6.45, 7) is 6.28. The van der Waals surface area contributed by atoms with Crippen molar-refractivity contribution in [3.63, 3.8) is 0 Å². The fraction of sp³-hybridized carbons (Fsp3) is 0.750. The van der Waals surface area contributed by atoms with Crippen molar-refractivity contribution in [2.75, 3.05) is 0 Å². The zero-order valence-corrected chi connectivity index (χ0v) is 9.84. The summed E-state index contributed by atoms with van der Waals surface area (Å²) in [7, 11) is 0. The van der Waals surface area contributed by atoms with Gasteiger partial charge in [-0.25, -0.2) is 0 Å². The van der Waals surface area contributed by atoms with Crippen LogP contribution < -0.4 is 5.32 Å². The van der Waals surface area contributed by atoms with Crippen LogP contribution in [0.15, 0.2) is 4.52 Å². The molecule has 2 rings (SSSR count). The summed E-state index contributed by atoms with van der Waals surface area (Å²) >= 11 is 0. The van der Waals surface area contributed by atoms with Crippen LogP contribution in [0.25, 0.3) is 0 Å². The van der Waals surface area contributed by atoms with E-state index in [1.165, 1.54) is 24.8 Å². The summed E-state index contributed by atoms with van der Waals surface area (Å²) in [5, 5.41) is 7.59. The van der Waals surface area contributed by atoms with E-state index < -0.39 is 0 Å². The summed E-state index contributed by atoms with van der Waals surface area (Å²) in [5.41, 5.74) is 2.36.